The molecule has 0 aliphatic heterocycles. The second-order valence-corrected chi connectivity index (χ2v) is 6.07. The van der Waals surface area contributed by atoms with Gasteiger partial charge in [-0.15, -0.1) is 0 Å². The highest BCUT2D eigenvalue weighted by molar-refractivity contribution is 5.95. The van der Waals surface area contributed by atoms with Crippen molar-refractivity contribution >= 4 is 11.6 Å². The number of rotatable bonds is 4. The number of hydrogen-bond acceptors (Lipinski definition) is 3. The van der Waals surface area contributed by atoms with Crippen LogP contribution in [0.1, 0.15) is 55.1 Å². The van der Waals surface area contributed by atoms with Crippen LogP contribution in [0.4, 0.5) is 5.69 Å². The van der Waals surface area contributed by atoms with E-state index in [1.54, 1.807) is 12.3 Å². The third-order valence-electron chi connectivity index (χ3n) is 4.33. The summed E-state index contributed by atoms with van der Waals surface area (Å²) in [6.45, 7) is 4.90. The molecular weight excluding hydrogens is 250 g/mol. The molecule has 0 radical (unpaired) electrons. The van der Waals surface area contributed by atoms with Gasteiger partial charge in [0, 0.05) is 6.54 Å². The van der Waals surface area contributed by atoms with Gasteiger partial charge in [0.2, 0.25) is 0 Å². The zero-order valence-corrected chi connectivity index (χ0v) is 12.5. The number of aryl methyl sites for hydroxylation is 1. The monoisotopic (exact) mass is 275 g/mol. The van der Waals surface area contributed by atoms with Crippen molar-refractivity contribution in [2.75, 3.05) is 12.3 Å². The number of nitrogens with one attached hydrogen (secondary N) is 1. The summed E-state index contributed by atoms with van der Waals surface area (Å²) in [5, 5.41) is 2.99. The Hall–Kier alpha value is -1.58. The van der Waals surface area contributed by atoms with Gasteiger partial charge >= 0.3 is 0 Å². The summed E-state index contributed by atoms with van der Waals surface area (Å²) in [5.41, 5.74) is 7.52. The Morgan fingerprint density at radius 1 is 1.40 bits per heavy atom. The second kappa shape index (κ2) is 6.73. The number of nitrogen functional groups attached to an aromatic ring is 1. The van der Waals surface area contributed by atoms with E-state index in [9.17, 15) is 4.79 Å². The molecule has 1 aliphatic rings. The van der Waals surface area contributed by atoms with Crippen LogP contribution in [0.3, 0.4) is 0 Å². The summed E-state index contributed by atoms with van der Waals surface area (Å²) in [6, 6.07) is 1.69. The molecule has 1 aromatic rings. The molecule has 1 fully saturated rings. The number of amides is 1. The zero-order valence-electron chi connectivity index (χ0n) is 12.5. The van der Waals surface area contributed by atoms with E-state index in [1.165, 1.54) is 25.7 Å². The topological polar surface area (TPSA) is 68.0 Å². The molecule has 1 amide bonds. The fourth-order valence-corrected chi connectivity index (χ4v) is 2.88. The predicted molar refractivity (Wildman–Crippen MR) is 81.5 cm³/mol. The van der Waals surface area contributed by atoms with Crippen LogP contribution in [0.5, 0.6) is 0 Å². The van der Waals surface area contributed by atoms with Crippen LogP contribution in [-0.2, 0) is 0 Å². The lowest BCUT2D eigenvalue weighted by Gasteiger charge is -2.26. The molecule has 4 heteroatoms. The molecule has 0 unspecified atom stereocenters. The molecule has 1 saturated carbocycles. The van der Waals surface area contributed by atoms with Crippen LogP contribution in [-0.4, -0.2) is 17.4 Å². The molecule has 20 heavy (non-hydrogen) atoms. The number of anilines is 1. The maximum absolute atomic E-state index is 12.1. The smallest absolute Gasteiger partial charge is 0.253 e. The van der Waals surface area contributed by atoms with E-state index in [1.807, 2.05) is 6.92 Å². The third kappa shape index (κ3) is 3.95. The first-order valence-electron chi connectivity index (χ1n) is 7.56. The number of pyridine rings is 1. The fraction of sp³-hybridized carbons (Fsp3) is 0.625. The summed E-state index contributed by atoms with van der Waals surface area (Å²) >= 11 is 0. The molecule has 0 saturated heterocycles. The van der Waals surface area contributed by atoms with Gasteiger partial charge in [-0.2, -0.15) is 0 Å². The summed E-state index contributed by atoms with van der Waals surface area (Å²) in [4.78, 5) is 16.2. The van der Waals surface area contributed by atoms with E-state index < -0.39 is 0 Å². The molecular formula is C16H25N3O. The maximum atomic E-state index is 12.1. The molecule has 110 valence electrons. The minimum Gasteiger partial charge on any atom is -0.397 e. The summed E-state index contributed by atoms with van der Waals surface area (Å²) in [5.74, 6) is 1.58. The van der Waals surface area contributed by atoms with E-state index in [0.29, 0.717) is 11.3 Å². The van der Waals surface area contributed by atoms with Crippen molar-refractivity contribution in [3.05, 3.63) is 23.5 Å². The molecule has 0 bridgehead atoms. The van der Waals surface area contributed by atoms with Crippen LogP contribution < -0.4 is 11.1 Å². The summed E-state index contributed by atoms with van der Waals surface area (Å²) in [7, 11) is 0. The van der Waals surface area contributed by atoms with Gasteiger partial charge in [0.25, 0.3) is 5.91 Å². The van der Waals surface area contributed by atoms with Crippen molar-refractivity contribution in [2.45, 2.75) is 46.0 Å². The Morgan fingerprint density at radius 2 is 2.10 bits per heavy atom. The quantitative estimate of drug-likeness (QED) is 0.887. The predicted octanol–water partition coefficient (Wildman–Crippen LogP) is 2.92. The van der Waals surface area contributed by atoms with Gasteiger partial charge in [-0.3, -0.25) is 9.78 Å². The van der Waals surface area contributed by atoms with E-state index in [4.69, 9.17) is 5.73 Å². The molecule has 2 rings (SSSR count). The van der Waals surface area contributed by atoms with Crippen LogP contribution in [0.2, 0.25) is 0 Å². The molecule has 3 N–H and O–H groups in total. The van der Waals surface area contributed by atoms with Crippen molar-refractivity contribution < 1.29 is 4.79 Å². The largest absolute Gasteiger partial charge is 0.397 e. The number of aromatic nitrogens is 1. The van der Waals surface area contributed by atoms with Crippen molar-refractivity contribution in [1.82, 2.24) is 10.3 Å². The first kappa shape index (κ1) is 14.8. The number of nitrogens with zero attached hydrogens (tertiary/aromatic N) is 1. The molecule has 1 aliphatic carbocycles. The van der Waals surface area contributed by atoms with Gasteiger partial charge in [-0.25, -0.2) is 0 Å². The van der Waals surface area contributed by atoms with Gasteiger partial charge in [0.1, 0.15) is 0 Å². The third-order valence-corrected chi connectivity index (χ3v) is 4.33. The fourth-order valence-electron chi connectivity index (χ4n) is 2.88. The molecule has 4 nitrogen and oxygen atoms in total. The van der Waals surface area contributed by atoms with Gasteiger partial charge in [0.05, 0.1) is 23.1 Å². The van der Waals surface area contributed by atoms with Gasteiger partial charge in [0.15, 0.2) is 0 Å². The highest BCUT2D eigenvalue weighted by Gasteiger charge is 2.18. The molecule has 1 aromatic heterocycles. The minimum atomic E-state index is -0.0634. The summed E-state index contributed by atoms with van der Waals surface area (Å²) in [6.07, 6.45) is 7.92. The molecule has 0 atom stereocenters. The minimum absolute atomic E-state index is 0.0634. The Morgan fingerprint density at radius 3 is 2.80 bits per heavy atom. The Balaban J connectivity index is 1.79. The molecule has 1 heterocycles. The average molecular weight is 275 g/mol. The average Bonchev–Trinajstić information content (AvgIpc) is 2.43. The van der Waals surface area contributed by atoms with E-state index in [0.717, 1.165) is 30.5 Å². The SMILES string of the molecule is Cc1ncc(N)cc1C(=O)NCCC1CCC(C)CC1. The number of carbonyl (C=O) groups excluding carboxylic acids is 1. The van der Waals surface area contributed by atoms with Crippen molar-refractivity contribution in [3.8, 4) is 0 Å². The van der Waals surface area contributed by atoms with Crippen molar-refractivity contribution in [3.63, 3.8) is 0 Å². The lowest BCUT2D eigenvalue weighted by atomic mass is 9.81. The maximum Gasteiger partial charge on any atom is 0.253 e. The first-order chi connectivity index (χ1) is 9.56. The number of nitrogens with two attached hydrogens (primary N) is 1. The van der Waals surface area contributed by atoms with Crippen LogP contribution in [0.25, 0.3) is 0 Å². The highest BCUT2D eigenvalue weighted by Crippen LogP contribution is 2.29. The number of carbonyl (C=O) groups is 1. The lowest BCUT2D eigenvalue weighted by molar-refractivity contribution is 0.0948. The second-order valence-electron chi connectivity index (χ2n) is 6.07. The van der Waals surface area contributed by atoms with Crippen molar-refractivity contribution in [2.24, 2.45) is 11.8 Å². The Kier molecular flexibility index (Phi) is 4.99. The van der Waals surface area contributed by atoms with Crippen LogP contribution in [0.15, 0.2) is 12.3 Å². The molecule has 0 aromatic carbocycles. The molecule has 0 spiro atoms. The highest BCUT2D eigenvalue weighted by atomic mass is 16.1. The van der Waals surface area contributed by atoms with E-state index in [2.05, 4.69) is 17.2 Å². The Bertz CT molecular complexity index is 465. The standard InChI is InChI=1S/C16H25N3O/c1-11-3-5-13(6-4-11)7-8-18-16(20)15-9-14(17)10-19-12(15)2/h9-11,13H,3-8,17H2,1-2H3,(H,18,20). The van der Waals surface area contributed by atoms with E-state index >= 15 is 0 Å². The Labute approximate surface area is 121 Å². The van der Waals surface area contributed by atoms with Gasteiger partial charge < -0.3 is 11.1 Å². The van der Waals surface area contributed by atoms with Crippen LogP contribution in [0, 0.1) is 18.8 Å². The lowest BCUT2D eigenvalue weighted by Crippen LogP contribution is -2.27. The zero-order chi connectivity index (χ0) is 14.5. The van der Waals surface area contributed by atoms with Gasteiger partial charge in [-0.05, 0) is 31.2 Å². The summed E-state index contributed by atoms with van der Waals surface area (Å²) < 4.78 is 0. The van der Waals surface area contributed by atoms with E-state index in [-0.39, 0.29) is 5.91 Å². The van der Waals surface area contributed by atoms with Crippen molar-refractivity contribution in [1.29, 1.82) is 0 Å². The number of hydrogen-bond donors (Lipinski definition) is 2. The normalized spacial score (nSPS) is 22.5. The van der Waals surface area contributed by atoms with Crippen LogP contribution >= 0.6 is 0 Å². The first-order valence-corrected chi connectivity index (χ1v) is 7.56. The van der Waals surface area contributed by atoms with Gasteiger partial charge in [-0.1, -0.05) is 32.6 Å².